The third kappa shape index (κ3) is 1.99. The Bertz CT molecular complexity index is 768. The number of fused-ring (bicyclic) bond motifs is 1. The molecule has 1 heterocycles. The van der Waals surface area contributed by atoms with Crippen molar-refractivity contribution in [1.29, 1.82) is 10.5 Å². The predicted octanol–water partition coefficient (Wildman–Crippen LogP) is 3.68. The van der Waals surface area contributed by atoms with Gasteiger partial charge in [0, 0.05) is 5.02 Å². The summed E-state index contributed by atoms with van der Waals surface area (Å²) in [7, 11) is 0. The van der Waals surface area contributed by atoms with Gasteiger partial charge >= 0.3 is 0 Å². The van der Waals surface area contributed by atoms with E-state index in [4.69, 9.17) is 16.9 Å². The van der Waals surface area contributed by atoms with Crippen LogP contribution < -0.4 is 0 Å². The standard InChI is InChI=1S/C16H10ClN3/c17-13-4-5-14(12(6-13)7-18)15-3-1-2-11-8-20(10-19)9-16(11)15/h1-6H,8-9H2. The second-order valence-electron chi connectivity index (χ2n) is 4.70. The van der Waals surface area contributed by atoms with Gasteiger partial charge in [-0.1, -0.05) is 35.9 Å². The first-order chi connectivity index (χ1) is 9.72. The SMILES string of the molecule is N#Cc1cc(Cl)ccc1-c1cccc2c1CN(C#N)C2. The third-order valence-electron chi connectivity index (χ3n) is 3.52. The smallest absolute Gasteiger partial charge is 0.179 e. The van der Waals surface area contributed by atoms with Crippen LogP contribution in [0.1, 0.15) is 16.7 Å². The normalized spacial score (nSPS) is 12.7. The van der Waals surface area contributed by atoms with Crippen LogP contribution in [0.2, 0.25) is 5.02 Å². The molecule has 20 heavy (non-hydrogen) atoms. The molecule has 0 fully saturated rings. The summed E-state index contributed by atoms with van der Waals surface area (Å²) < 4.78 is 0. The first-order valence-electron chi connectivity index (χ1n) is 6.18. The lowest BCUT2D eigenvalue weighted by atomic mass is 9.94. The van der Waals surface area contributed by atoms with E-state index < -0.39 is 0 Å². The summed E-state index contributed by atoms with van der Waals surface area (Å²) in [5.41, 5.74) is 4.69. The van der Waals surface area contributed by atoms with E-state index in [0.717, 1.165) is 22.3 Å². The number of hydrogen-bond donors (Lipinski definition) is 0. The van der Waals surface area contributed by atoms with E-state index in [9.17, 15) is 5.26 Å². The Hall–Kier alpha value is -2.49. The molecule has 2 aromatic rings. The van der Waals surface area contributed by atoms with Crippen LogP contribution in [-0.4, -0.2) is 4.90 Å². The van der Waals surface area contributed by atoms with E-state index in [1.807, 2.05) is 24.3 Å². The number of benzene rings is 2. The molecule has 1 aliphatic heterocycles. The Labute approximate surface area is 122 Å². The van der Waals surface area contributed by atoms with Gasteiger partial charge in [-0.3, -0.25) is 0 Å². The van der Waals surface area contributed by atoms with Crippen molar-refractivity contribution in [2.24, 2.45) is 0 Å². The lowest BCUT2D eigenvalue weighted by molar-refractivity contribution is 0.417. The summed E-state index contributed by atoms with van der Waals surface area (Å²) in [5, 5.41) is 18.9. The summed E-state index contributed by atoms with van der Waals surface area (Å²) in [6, 6.07) is 13.5. The fourth-order valence-corrected chi connectivity index (χ4v) is 2.76. The van der Waals surface area contributed by atoms with Gasteiger partial charge in [0.05, 0.1) is 24.7 Å². The molecule has 4 heteroatoms. The minimum absolute atomic E-state index is 0.552. The Morgan fingerprint density at radius 2 is 1.90 bits per heavy atom. The molecule has 0 N–H and O–H groups in total. The highest BCUT2D eigenvalue weighted by Gasteiger charge is 2.22. The van der Waals surface area contributed by atoms with Crippen molar-refractivity contribution in [1.82, 2.24) is 4.90 Å². The first-order valence-corrected chi connectivity index (χ1v) is 6.56. The molecule has 96 valence electrons. The van der Waals surface area contributed by atoms with Crippen LogP contribution in [0, 0.1) is 22.8 Å². The summed E-state index contributed by atoms with van der Waals surface area (Å²) in [4.78, 5) is 1.70. The van der Waals surface area contributed by atoms with Crippen molar-refractivity contribution < 1.29 is 0 Å². The fourth-order valence-electron chi connectivity index (χ4n) is 2.59. The Balaban J connectivity index is 2.17. The van der Waals surface area contributed by atoms with Crippen LogP contribution in [-0.2, 0) is 13.1 Å². The first kappa shape index (κ1) is 12.5. The molecule has 0 unspecified atom stereocenters. The summed E-state index contributed by atoms with van der Waals surface area (Å²) in [6.07, 6.45) is 2.17. The van der Waals surface area contributed by atoms with Crippen molar-refractivity contribution in [3.63, 3.8) is 0 Å². The molecule has 2 aromatic carbocycles. The molecule has 3 rings (SSSR count). The van der Waals surface area contributed by atoms with E-state index in [2.05, 4.69) is 12.3 Å². The molecular formula is C16H10ClN3. The lowest BCUT2D eigenvalue weighted by Gasteiger charge is -2.10. The average molecular weight is 280 g/mol. The quantitative estimate of drug-likeness (QED) is 0.748. The maximum absolute atomic E-state index is 9.28. The van der Waals surface area contributed by atoms with Crippen LogP contribution in [0.4, 0.5) is 0 Å². The molecule has 0 atom stereocenters. The maximum atomic E-state index is 9.28. The largest absolute Gasteiger partial charge is 0.302 e. The molecule has 0 spiro atoms. The highest BCUT2D eigenvalue weighted by Crippen LogP contribution is 2.34. The van der Waals surface area contributed by atoms with Gasteiger partial charge in [-0.15, -0.1) is 0 Å². The van der Waals surface area contributed by atoms with Crippen molar-refractivity contribution in [2.75, 3.05) is 0 Å². The summed E-state index contributed by atoms with van der Waals surface area (Å²) in [6.45, 7) is 1.23. The highest BCUT2D eigenvalue weighted by molar-refractivity contribution is 6.30. The summed E-state index contributed by atoms with van der Waals surface area (Å²) >= 11 is 5.94. The fraction of sp³-hybridized carbons (Fsp3) is 0.125. The van der Waals surface area contributed by atoms with Crippen molar-refractivity contribution in [2.45, 2.75) is 13.1 Å². The molecular weight excluding hydrogens is 270 g/mol. The minimum Gasteiger partial charge on any atom is -0.302 e. The average Bonchev–Trinajstić information content (AvgIpc) is 2.90. The lowest BCUT2D eigenvalue weighted by Crippen LogP contribution is -2.07. The Morgan fingerprint density at radius 1 is 1.05 bits per heavy atom. The molecule has 0 saturated heterocycles. The van der Waals surface area contributed by atoms with Crippen molar-refractivity contribution >= 4 is 11.6 Å². The zero-order chi connectivity index (χ0) is 14.1. The van der Waals surface area contributed by atoms with Gasteiger partial charge in [0.1, 0.15) is 0 Å². The zero-order valence-corrected chi connectivity index (χ0v) is 11.4. The molecule has 0 bridgehead atoms. The molecule has 0 amide bonds. The molecule has 0 aromatic heterocycles. The minimum atomic E-state index is 0.552. The number of hydrogen-bond acceptors (Lipinski definition) is 3. The number of rotatable bonds is 1. The van der Waals surface area contributed by atoms with Gasteiger partial charge in [0.2, 0.25) is 0 Å². The molecule has 0 aliphatic carbocycles. The number of nitrogens with zero attached hydrogens (tertiary/aromatic N) is 3. The Morgan fingerprint density at radius 3 is 2.65 bits per heavy atom. The van der Waals surface area contributed by atoms with Gasteiger partial charge in [0.25, 0.3) is 0 Å². The second-order valence-corrected chi connectivity index (χ2v) is 5.14. The van der Waals surface area contributed by atoms with Crippen molar-refractivity contribution in [3.05, 3.63) is 58.1 Å². The van der Waals surface area contributed by atoms with Gasteiger partial charge in [0.15, 0.2) is 6.19 Å². The molecule has 0 saturated carbocycles. The van der Waals surface area contributed by atoms with Gasteiger partial charge in [-0.05, 0) is 34.4 Å². The van der Waals surface area contributed by atoms with Crippen LogP contribution >= 0.6 is 11.6 Å². The van der Waals surface area contributed by atoms with E-state index >= 15 is 0 Å². The van der Waals surface area contributed by atoms with Crippen LogP contribution in [0.3, 0.4) is 0 Å². The third-order valence-corrected chi connectivity index (χ3v) is 3.75. The Kier molecular flexibility index (Phi) is 3.06. The molecule has 0 radical (unpaired) electrons. The summed E-state index contributed by atoms with van der Waals surface area (Å²) in [5.74, 6) is 0. The molecule has 1 aliphatic rings. The molecule has 3 nitrogen and oxygen atoms in total. The predicted molar refractivity (Wildman–Crippen MR) is 76.5 cm³/mol. The van der Waals surface area contributed by atoms with E-state index in [1.165, 1.54) is 0 Å². The van der Waals surface area contributed by atoms with Crippen molar-refractivity contribution in [3.8, 4) is 23.4 Å². The monoisotopic (exact) mass is 279 g/mol. The van der Waals surface area contributed by atoms with E-state index in [0.29, 0.717) is 23.7 Å². The van der Waals surface area contributed by atoms with Crippen LogP contribution in [0.25, 0.3) is 11.1 Å². The number of halogens is 1. The maximum Gasteiger partial charge on any atom is 0.179 e. The highest BCUT2D eigenvalue weighted by atomic mass is 35.5. The zero-order valence-electron chi connectivity index (χ0n) is 10.6. The topological polar surface area (TPSA) is 50.8 Å². The second kappa shape index (κ2) is 4.89. The van der Waals surface area contributed by atoms with E-state index in [1.54, 1.807) is 17.0 Å². The van der Waals surface area contributed by atoms with Gasteiger partial charge in [-0.25, -0.2) is 0 Å². The van der Waals surface area contributed by atoms with Crippen LogP contribution in [0.5, 0.6) is 0 Å². The van der Waals surface area contributed by atoms with Gasteiger partial charge in [-0.2, -0.15) is 10.5 Å². The van der Waals surface area contributed by atoms with E-state index in [-0.39, 0.29) is 0 Å². The number of nitriles is 2. The van der Waals surface area contributed by atoms with Gasteiger partial charge < -0.3 is 4.90 Å². The van der Waals surface area contributed by atoms with Crippen LogP contribution in [0.15, 0.2) is 36.4 Å².